The summed E-state index contributed by atoms with van der Waals surface area (Å²) in [5.41, 5.74) is 1.88. The summed E-state index contributed by atoms with van der Waals surface area (Å²) in [7, 11) is -3.37. The summed E-state index contributed by atoms with van der Waals surface area (Å²) in [6, 6.07) is 14.6. The van der Waals surface area contributed by atoms with Gasteiger partial charge in [0, 0.05) is 17.3 Å². The van der Waals surface area contributed by atoms with Gasteiger partial charge in [0.25, 0.3) is 0 Å². The van der Waals surface area contributed by atoms with Crippen molar-refractivity contribution in [3.63, 3.8) is 0 Å². The summed E-state index contributed by atoms with van der Waals surface area (Å²) < 4.78 is 26.7. The Labute approximate surface area is 128 Å². The number of anilines is 1. The lowest BCUT2D eigenvalue weighted by Gasteiger charge is -2.19. The molecular formula is C15H13ClN2O2S. The first-order chi connectivity index (χ1) is 10.1. The van der Waals surface area contributed by atoms with Crippen molar-refractivity contribution in [2.24, 2.45) is 0 Å². The summed E-state index contributed by atoms with van der Waals surface area (Å²) in [6.45, 7) is 1.04. The first-order valence-corrected chi connectivity index (χ1v) is 8.50. The largest absolute Gasteiger partial charge is 0.356 e. The van der Waals surface area contributed by atoms with Crippen molar-refractivity contribution >= 4 is 27.3 Å². The van der Waals surface area contributed by atoms with E-state index in [9.17, 15) is 8.42 Å². The second-order valence-electron chi connectivity index (χ2n) is 5.29. The fraction of sp³-hybridized carbons (Fsp3) is 0.200. The van der Waals surface area contributed by atoms with Crippen LogP contribution in [-0.4, -0.2) is 25.9 Å². The Morgan fingerprint density at radius 1 is 1.05 bits per heavy atom. The molecule has 0 aromatic heterocycles. The minimum atomic E-state index is -3.37. The third-order valence-corrected chi connectivity index (χ3v) is 6.27. The molecule has 21 heavy (non-hydrogen) atoms. The number of rotatable bonds is 1. The maximum atomic E-state index is 12.6. The molecule has 0 aliphatic carbocycles. The van der Waals surface area contributed by atoms with E-state index in [1.807, 2.05) is 36.4 Å². The van der Waals surface area contributed by atoms with Crippen LogP contribution in [0.1, 0.15) is 11.6 Å². The molecular weight excluding hydrogens is 308 g/mol. The van der Waals surface area contributed by atoms with Gasteiger partial charge < -0.3 is 4.90 Å². The number of nitrogens with zero attached hydrogens (tertiary/aromatic N) is 2. The quantitative estimate of drug-likeness (QED) is 0.811. The van der Waals surface area contributed by atoms with E-state index in [1.54, 1.807) is 16.4 Å². The summed E-state index contributed by atoms with van der Waals surface area (Å²) >= 11 is 5.90. The Bertz CT molecular complexity index is 805. The molecule has 2 aromatic carbocycles. The highest BCUT2D eigenvalue weighted by atomic mass is 35.5. The van der Waals surface area contributed by atoms with Gasteiger partial charge in [-0.15, -0.1) is 0 Å². The van der Waals surface area contributed by atoms with Crippen LogP contribution in [0, 0.1) is 0 Å². The van der Waals surface area contributed by atoms with Crippen molar-refractivity contribution in [1.29, 1.82) is 0 Å². The van der Waals surface area contributed by atoms with Crippen molar-refractivity contribution < 1.29 is 8.42 Å². The maximum Gasteiger partial charge on any atom is 0.245 e. The lowest BCUT2D eigenvalue weighted by molar-refractivity contribution is 0.426. The Morgan fingerprint density at radius 3 is 2.52 bits per heavy atom. The third-order valence-electron chi connectivity index (χ3n) is 4.11. The van der Waals surface area contributed by atoms with Gasteiger partial charge in [-0.3, -0.25) is 0 Å². The van der Waals surface area contributed by atoms with Crippen molar-refractivity contribution in [1.82, 2.24) is 4.31 Å². The molecule has 1 atom stereocenters. The molecule has 1 saturated heterocycles. The normalized spacial score (nSPS) is 23.1. The van der Waals surface area contributed by atoms with E-state index in [4.69, 9.17) is 11.6 Å². The van der Waals surface area contributed by atoms with Gasteiger partial charge in [-0.25, -0.2) is 8.42 Å². The topological polar surface area (TPSA) is 40.6 Å². The van der Waals surface area contributed by atoms with Crippen LogP contribution >= 0.6 is 11.6 Å². The van der Waals surface area contributed by atoms with Crippen LogP contribution in [0.15, 0.2) is 53.4 Å². The van der Waals surface area contributed by atoms with E-state index in [0.717, 1.165) is 11.3 Å². The molecule has 108 valence electrons. The predicted octanol–water partition coefficient (Wildman–Crippen LogP) is 2.86. The highest BCUT2D eigenvalue weighted by Crippen LogP contribution is 2.44. The van der Waals surface area contributed by atoms with Crippen LogP contribution in [0.25, 0.3) is 0 Å². The summed E-state index contributed by atoms with van der Waals surface area (Å²) in [4.78, 5) is 2.51. The molecule has 0 saturated carbocycles. The molecule has 2 heterocycles. The molecule has 1 unspecified atom stereocenters. The number of halogens is 1. The van der Waals surface area contributed by atoms with Crippen LogP contribution in [0.2, 0.25) is 5.02 Å². The minimum absolute atomic E-state index is 0.0955. The van der Waals surface area contributed by atoms with Crippen molar-refractivity contribution in [3.8, 4) is 0 Å². The molecule has 0 spiro atoms. The van der Waals surface area contributed by atoms with Crippen LogP contribution in [0.4, 0.5) is 5.69 Å². The van der Waals surface area contributed by atoms with Crippen molar-refractivity contribution in [3.05, 3.63) is 59.1 Å². The zero-order valence-electron chi connectivity index (χ0n) is 11.1. The van der Waals surface area contributed by atoms with E-state index in [1.165, 1.54) is 0 Å². The van der Waals surface area contributed by atoms with E-state index < -0.39 is 10.0 Å². The predicted molar refractivity (Wildman–Crippen MR) is 81.9 cm³/mol. The summed E-state index contributed by atoms with van der Waals surface area (Å²) in [5.74, 6) is 0. The van der Waals surface area contributed by atoms with Gasteiger partial charge in [0.1, 0.15) is 0 Å². The minimum Gasteiger partial charge on any atom is -0.356 e. The number of hydrogen-bond donors (Lipinski definition) is 0. The molecule has 0 N–H and O–H groups in total. The molecule has 2 aliphatic heterocycles. The molecule has 4 rings (SSSR count). The lowest BCUT2D eigenvalue weighted by atomic mass is 10.1. The van der Waals surface area contributed by atoms with Crippen LogP contribution < -0.4 is 4.90 Å². The number of sulfonamides is 1. The van der Waals surface area contributed by atoms with Gasteiger partial charge in [0.2, 0.25) is 10.0 Å². The molecule has 0 radical (unpaired) electrons. The smallest absolute Gasteiger partial charge is 0.245 e. The molecule has 1 fully saturated rings. The monoisotopic (exact) mass is 320 g/mol. The molecule has 0 bridgehead atoms. The average molecular weight is 321 g/mol. The second kappa shape index (κ2) is 4.47. The Hall–Kier alpha value is -1.56. The van der Waals surface area contributed by atoms with Crippen LogP contribution in [0.5, 0.6) is 0 Å². The Balaban J connectivity index is 1.73. The van der Waals surface area contributed by atoms with E-state index in [2.05, 4.69) is 4.90 Å². The fourth-order valence-corrected chi connectivity index (χ4v) is 5.02. The van der Waals surface area contributed by atoms with Crippen molar-refractivity contribution in [2.75, 3.05) is 18.1 Å². The van der Waals surface area contributed by atoms with Gasteiger partial charge in [-0.1, -0.05) is 29.8 Å². The van der Waals surface area contributed by atoms with E-state index >= 15 is 0 Å². The van der Waals surface area contributed by atoms with E-state index in [0.29, 0.717) is 23.1 Å². The van der Waals surface area contributed by atoms with Gasteiger partial charge in [0.15, 0.2) is 0 Å². The highest BCUT2D eigenvalue weighted by Gasteiger charge is 2.47. The van der Waals surface area contributed by atoms with E-state index in [-0.39, 0.29) is 6.04 Å². The highest BCUT2D eigenvalue weighted by molar-refractivity contribution is 7.89. The number of fused-ring (bicyclic) bond motifs is 3. The molecule has 4 nitrogen and oxygen atoms in total. The summed E-state index contributed by atoms with van der Waals surface area (Å²) in [5, 5.41) is 0.677. The van der Waals surface area contributed by atoms with Crippen LogP contribution in [0.3, 0.4) is 0 Å². The average Bonchev–Trinajstić information content (AvgIpc) is 3.00. The number of hydrogen-bond acceptors (Lipinski definition) is 3. The van der Waals surface area contributed by atoms with Crippen molar-refractivity contribution in [2.45, 2.75) is 10.9 Å². The Morgan fingerprint density at radius 2 is 1.76 bits per heavy atom. The first-order valence-electron chi connectivity index (χ1n) is 6.69. The SMILES string of the molecule is O=S1(=O)c2ccccc2C2CN(c3ccc(Cl)cc3)CN21. The van der Waals surface area contributed by atoms with Crippen LogP contribution in [-0.2, 0) is 10.0 Å². The number of benzene rings is 2. The van der Waals surface area contributed by atoms with Gasteiger partial charge in [-0.05, 0) is 35.9 Å². The first kappa shape index (κ1) is 13.1. The standard InChI is InChI=1S/C15H13ClN2O2S/c16-11-5-7-12(8-6-11)17-9-14-13-3-1-2-4-15(13)21(19,20)18(14)10-17/h1-8,14H,9-10H2. The molecule has 2 aromatic rings. The van der Waals surface area contributed by atoms with Gasteiger partial charge in [0.05, 0.1) is 17.6 Å². The molecule has 6 heteroatoms. The van der Waals surface area contributed by atoms with Gasteiger partial charge >= 0.3 is 0 Å². The second-order valence-corrected chi connectivity index (χ2v) is 7.58. The summed E-state index contributed by atoms with van der Waals surface area (Å²) in [6.07, 6.45) is 0. The third kappa shape index (κ3) is 1.88. The zero-order valence-corrected chi connectivity index (χ0v) is 12.7. The van der Waals surface area contributed by atoms with Gasteiger partial charge in [-0.2, -0.15) is 4.31 Å². The Kier molecular flexibility index (Phi) is 2.79. The zero-order chi connectivity index (χ0) is 14.6. The molecule has 0 amide bonds. The maximum absolute atomic E-state index is 12.6. The fourth-order valence-electron chi connectivity index (χ4n) is 3.08. The molecule has 2 aliphatic rings. The lowest BCUT2D eigenvalue weighted by Crippen LogP contribution is -2.28.